The molecule has 0 rings (SSSR count). The second-order valence-electron chi connectivity index (χ2n) is 7.04. The minimum Gasteiger partial charge on any atom is -0.458 e. The summed E-state index contributed by atoms with van der Waals surface area (Å²) in [7, 11) is 0. The van der Waals surface area contributed by atoms with Gasteiger partial charge < -0.3 is 9.47 Å². The van der Waals surface area contributed by atoms with E-state index in [1.165, 1.54) is 20.8 Å². The molecule has 2 unspecified atom stereocenters. The van der Waals surface area contributed by atoms with Crippen LogP contribution in [0, 0.1) is 0 Å². The molecule has 0 aromatic carbocycles. The summed E-state index contributed by atoms with van der Waals surface area (Å²) in [5.74, 6) is -18.1. The first-order valence-corrected chi connectivity index (χ1v) is 8.02. The van der Waals surface area contributed by atoms with Gasteiger partial charge in [-0.1, -0.05) is 6.58 Å². The average molecular weight is 522 g/mol. The number of hydrogen-bond acceptors (Lipinski definition) is 5. The molecule has 0 saturated carbocycles. The molecular weight excluding hydrogens is 507 g/mol. The van der Waals surface area contributed by atoms with Gasteiger partial charge in [0.25, 0.3) is 0 Å². The molecule has 0 radical (unpaired) electrons. The number of carbonyl (C=O) groups is 1. The number of rotatable bonds is 10. The smallest absolute Gasteiger partial charge is 0.458 e. The summed E-state index contributed by atoms with van der Waals surface area (Å²) < 4.78 is 184. The third-order valence-corrected chi connectivity index (χ3v) is 2.96. The van der Waals surface area contributed by atoms with Gasteiger partial charge in [-0.25, -0.2) is 9.18 Å². The van der Waals surface area contributed by atoms with Crippen molar-refractivity contribution in [3.63, 3.8) is 0 Å². The van der Waals surface area contributed by atoms with Crippen LogP contribution in [0.1, 0.15) is 20.8 Å². The van der Waals surface area contributed by atoms with Crippen LogP contribution < -0.4 is 0 Å². The lowest BCUT2D eigenvalue weighted by molar-refractivity contribution is -0.529. The molecule has 0 saturated heterocycles. The predicted molar refractivity (Wildman–Crippen MR) is 78.8 cm³/mol. The molecule has 0 fully saturated rings. The molecule has 0 aliphatic rings. The van der Waals surface area contributed by atoms with E-state index in [0.717, 1.165) is 0 Å². The monoisotopic (exact) mass is 522 g/mol. The van der Waals surface area contributed by atoms with E-state index in [-0.39, 0.29) is 0 Å². The molecule has 0 aromatic rings. The van der Waals surface area contributed by atoms with Crippen LogP contribution in [0.4, 0.5) is 57.1 Å². The first-order chi connectivity index (χ1) is 14.2. The van der Waals surface area contributed by atoms with Gasteiger partial charge >= 0.3 is 42.2 Å². The molecule has 0 bridgehead atoms. The van der Waals surface area contributed by atoms with Crippen LogP contribution in [0.2, 0.25) is 0 Å². The molecule has 0 aromatic heterocycles. The number of ether oxygens (including phenoxy) is 4. The van der Waals surface area contributed by atoms with E-state index < -0.39 is 66.9 Å². The van der Waals surface area contributed by atoms with E-state index in [2.05, 4.69) is 14.2 Å². The third-order valence-electron chi connectivity index (χ3n) is 2.96. The average Bonchev–Trinajstić information content (AvgIpc) is 2.49. The second kappa shape index (κ2) is 9.44. The highest BCUT2D eigenvalue weighted by molar-refractivity contribution is 5.71. The van der Waals surface area contributed by atoms with Crippen molar-refractivity contribution in [2.24, 2.45) is 0 Å². The van der Waals surface area contributed by atoms with E-state index in [0.29, 0.717) is 0 Å². The summed E-state index contributed by atoms with van der Waals surface area (Å²) in [5.41, 5.74) is -1.26. The Morgan fingerprint density at radius 2 is 1.24 bits per heavy atom. The van der Waals surface area contributed by atoms with Crippen LogP contribution in [0.15, 0.2) is 12.4 Å². The summed E-state index contributed by atoms with van der Waals surface area (Å²) in [6, 6.07) is 0. The largest absolute Gasteiger partial charge is 0.458 e. The molecule has 0 aliphatic carbocycles. The minimum atomic E-state index is -7.35. The molecule has 33 heavy (non-hydrogen) atoms. The van der Waals surface area contributed by atoms with Gasteiger partial charge in [0, 0.05) is 0 Å². The number of esters is 1. The van der Waals surface area contributed by atoms with Crippen LogP contribution in [0.3, 0.4) is 0 Å². The van der Waals surface area contributed by atoms with Crippen LogP contribution >= 0.6 is 0 Å². The van der Waals surface area contributed by atoms with E-state index in [1.54, 1.807) is 6.58 Å². The van der Waals surface area contributed by atoms with Crippen molar-refractivity contribution in [2.75, 3.05) is 13.2 Å². The fourth-order valence-corrected chi connectivity index (χ4v) is 1.59. The van der Waals surface area contributed by atoms with Crippen LogP contribution in [-0.4, -0.2) is 61.1 Å². The molecule has 0 amide bonds. The van der Waals surface area contributed by atoms with E-state index in [9.17, 15) is 61.9 Å². The summed E-state index contributed by atoms with van der Waals surface area (Å²) in [5, 5.41) is 0. The Bertz CT molecular complexity index is 712. The Balaban J connectivity index is 6.01. The quantitative estimate of drug-likeness (QED) is 0.280. The van der Waals surface area contributed by atoms with Gasteiger partial charge in [0.05, 0.1) is 0 Å². The van der Waals surface area contributed by atoms with Crippen molar-refractivity contribution in [2.45, 2.75) is 62.7 Å². The Labute approximate surface area is 176 Å². The highest BCUT2D eigenvalue weighted by Gasteiger charge is 2.80. The molecule has 0 aliphatic heterocycles. The molecule has 5 nitrogen and oxygen atoms in total. The lowest BCUT2D eigenvalue weighted by Gasteiger charge is -2.39. The maximum absolute atomic E-state index is 14.1. The van der Waals surface area contributed by atoms with Crippen molar-refractivity contribution in [1.29, 1.82) is 0 Å². The van der Waals surface area contributed by atoms with Crippen LogP contribution in [0.5, 0.6) is 0 Å². The Kier molecular flexibility index (Phi) is 8.92. The Hall–Kier alpha value is -1.82. The zero-order valence-corrected chi connectivity index (χ0v) is 16.6. The maximum Gasteiger partial charge on any atom is 0.458 e. The first-order valence-electron chi connectivity index (χ1n) is 8.02. The molecule has 0 spiro atoms. The predicted octanol–water partition coefficient (Wildman–Crippen LogP) is 5.50. The minimum absolute atomic E-state index is 1.25. The summed E-state index contributed by atoms with van der Waals surface area (Å²) in [6.07, 6.45) is -27.5. The highest BCUT2D eigenvalue weighted by Crippen LogP contribution is 2.53. The van der Waals surface area contributed by atoms with Crippen molar-refractivity contribution in [3.05, 3.63) is 12.4 Å². The van der Waals surface area contributed by atoms with Gasteiger partial charge in [-0.15, -0.1) is 0 Å². The standard InChI is InChI=1S/C15H15F13O5/c1-7(16)11(18,19)33-12(20,14(24,25)26)15(27,28)32-10(17,13(21,22)23)6-30-5-8(29)31-9(2,3)4/h1,5-6H2,2-4H3. The van der Waals surface area contributed by atoms with E-state index in [1.807, 2.05) is 4.74 Å². The Morgan fingerprint density at radius 1 is 0.788 bits per heavy atom. The van der Waals surface area contributed by atoms with E-state index in [4.69, 9.17) is 0 Å². The van der Waals surface area contributed by atoms with Crippen molar-refractivity contribution >= 4 is 5.97 Å². The number of halogens is 13. The van der Waals surface area contributed by atoms with E-state index >= 15 is 0 Å². The van der Waals surface area contributed by atoms with Crippen LogP contribution in [0.25, 0.3) is 0 Å². The fraction of sp³-hybridized carbons (Fsp3) is 0.800. The SMILES string of the molecule is C=C(F)C(F)(F)OC(F)(C(F)(F)F)C(F)(F)OC(F)(COCC(=O)OC(C)(C)C)C(F)(F)F. The molecular formula is C15H15F13O5. The first kappa shape index (κ1) is 31.2. The summed E-state index contributed by atoms with van der Waals surface area (Å²) in [4.78, 5) is 11.3. The molecule has 0 N–H and O–H groups in total. The fourth-order valence-electron chi connectivity index (χ4n) is 1.59. The van der Waals surface area contributed by atoms with Crippen molar-refractivity contribution in [3.8, 4) is 0 Å². The molecule has 0 heterocycles. The zero-order valence-electron chi connectivity index (χ0n) is 16.6. The number of hydrogen-bond donors (Lipinski definition) is 0. The highest BCUT2D eigenvalue weighted by atomic mass is 19.4. The maximum atomic E-state index is 14.1. The third kappa shape index (κ3) is 7.87. The van der Waals surface area contributed by atoms with Crippen molar-refractivity contribution in [1.82, 2.24) is 0 Å². The second-order valence-corrected chi connectivity index (χ2v) is 7.04. The topological polar surface area (TPSA) is 54.0 Å². The van der Waals surface area contributed by atoms with Gasteiger partial charge in [0.2, 0.25) is 0 Å². The van der Waals surface area contributed by atoms with Crippen molar-refractivity contribution < 1.29 is 80.8 Å². The van der Waals surface area contributed by atoms with Gasteiger partial charge in [0.1, 0.15) is 18.8 Å². The van der Waals surface area contributed by atoms with Crippen LogP contribution in [-0.2, 0) is 23.7 Å². The van der Waals surface area contributed by atoms with Gasteiger partial charge in [0.15, 0.2) is 5.83 Å². The molecule has 196 valence electrons. The van der Waals surface area contributed by atoms with Gasteiger partial charge in [-0.2, -0.15) is 52.7 Å². The lowest BCUT2D eigenvalue weighted by Crippen LogP contribution is -2.65. The van der Waals surface area contributed by atoms with Gasteiger partial charge in [-0.05, 0) is 20.8 Å². The molecule has 18 heteroatoms. The molecule has 2 atom stereocenters. The zero-order chi connectivity index (χ0) is 26.9. The lowest BCUT2D eigenvalue weighted by atomic mass is 10.2. The normalized spacial score (nSPS) is 17.8. The summed E-state index contributed by atoms with van der Waals surface area (Å²) in [6.45, 7) is 1.03. The summed E-state index contributed by atoms with van der Waals surface area (Å²) >= 11 is 0. The number of alkyl halides is 12. The van der Waals surface area contributed by atoms with Gasteiger partial charge in [-0.3, -0.25) is 9.47 Å². The Morgan fingerprint density at radius 3 is 1.58 bits per heavy atom. The number of carbonyl (C=O) groups excluding carboxylic acids is 1.